The fraction of sp³-hybridized carbons (Fsp3) is 0.438. The van der Waals surface area contributed by atoms with Crippen LogP contribution < -0.4 is 10.2 Å². The molecule has 0 amide bonds. The molecule has 0 saturated heterocycles. The number of anilines is 4. The molecule has 7 heteroatoms. The first-order valence-electron chi connectivity index (χ1n) is 13.9. The minimum absolute atomic E-state index is 0.0582. The molecule has 39 heavy (non-hydrogen) atoms. The first kappa shape index (κ1) is 27.5. The molecule has 1 heterocycles. The molecular formula is C32H38ClN3O3. The molecule has 0 spiro atoms. The van der Waals surface area contributed by atoms with E-state index in [-0.39, 0.29) is 18.6 Å². The van der Waals surface area contributed by atoms with Gasteiger partial charge in [-0.25, -0.2) is 9.78 Å². The number of fused-ring (bicyclic) bond motifs is 2. The van der Waals surface area contributed by atoms with Gasteiger partial charge in [0.25, 0.3) is 0 Å². The Morgan fingerprint density at radius 3 is 2.51 bits per heavy atom. The topological polar surface area (TPSA) is 74.7 Å². The van der Waals surface area contributed by atoms with E-state index >= 15 is 0 Å². The molecule has 5 rings (SSSR count). The van der Waals surface area contributed by atoms with Gasteiger partial charge in [0.15, 0.2) is 0 Å². The lowest BCUT2D eigenvalue weighted by molar-refractivity contribution is 0.0434. The van der Waals surface area contributed by atoms with E-state index in [2.05, 4.69) is 47.2 Å². The van der Waals surface area contributed by atoms with Gasteiger partial charge in [-0.2, -0.15) is 0 Å². The summed E-state index contributed by atoms with van der Waals surface area (Å²) in [6.07, 6.45) is 8.24. The summed E-state index contributed by atoms with van der Waals surface area (Å²) in [5.41, 5.74) is 4.60. The number of pyridine rings is 1. The average Bonchev–Trinajstić information content (AvgIpc) is 2.91. The van der Waals surface area contributed by atoms with E-state index in [1.54, 1.807) is 18.3 Å². The molecule has 2 aromatic carbocycles. The Hall–Kier alpha value is -3.09. The van der Waals surface area contributed by atoms with Crippen LogP contribution in [0.1, 0.15) is 61.9 Å². The van der Waals surface area contributed by atoms with Crippen molar-refractivity contribution in [3.05, 3.63) is 76.9 Å². The minimum atomic E-state index is -0.533. The van der Waals surface area contributed by atoms with Gasteiger partial charge in [-0.1, -0.05) is 31.5 Å². The lowest BCUT2D eigenvalue weighted by Gasteiger charge is -2.47. The standard InChI is InChI=1S/C32H38ClN3O3/c1-21-15-22-17-23(16-21)20-32(2,19-22)24-6-11-29(28(33)18-24)36(3)26-9-7-25(8-10-26)35-30-27(5-4-12-34-30)31(38)39-14-13-37/h4-12,18,21-23,37H,13-17,19-20H2,1-3H3,(H,34,35). The van der Waals surface area contributed by atoms with Crippen molar-refractivity contribution in [1.82, 2.24) is 4.98 Å². The number of carbonyl (C=O) groups is 1. The molecule has 0 radical (unpaired) electrons. The van der Waals surface area contributed by atoms with Crippen LogP contribution in [0.3, 0.4) is 0 Å². The van der Waals surface area contributed by atoms with Crippen LogP contribution in [0.2, 0.25) is 5.02 Å². The van der Waals surface area contributed by atoms with E-state index in [0.29, 0.717) is 11.4 Å². The number of ether oxygens (including phenoxy) is 1. The van der Waals surface area contributed by atoms with Gasteiger partial charge in [0, 0.05) is 24.6 Å². The zero-order valence-corrected chi connectivity index (χ0v) is 23.7. The van der Waals surface area contributed by atoms with Crippen molar-refractivity contribution < 1.29 is 14.6 Å². The number of nitrogens with zero attached hydrogens (tertiary/aromatic N) is 2. The number of nitrogens with one attached hydrogen (secondary N) is 1. The first-order chi connectivity index (χ1) is 18.8. The molecule has 2 aliphatic rings. The predicted molar refractivity (Wildman–Crippen MR) is 157 cm³/mol. The normalized spacial score (nSPS) is 24.2. The fourth-order valence-electron chi connectivity index (χ4n) is 6.91. The van der Waals surface area contributed by atoms with Gasteiger partial charge >= 0.3 is 5.97 Å². The van der Waals surface area contributed by atoms with E-state index in [0.717, 1.165) is 39.8 Å². The molecule has 206 valence electrons. The zero-order valence-electron chi connectivity index (χ0n) is 23.0. The number of hydrogen-bond acceptors (Lipinski definition) is 6. The Balaban J connectivity index is 1.29. The maximum atomic E-state index is 12.3. The van der Waals surface area contributed by atoms with Crippen LogP contribution >= 0.6 is 11.6 Å². The first-order valence-corrected chi connectivity index (χ1v) is 14.3. The van der Waals surface area contributed by atoms with Crippen LogP contribution in [0.15, 0.2) is 60.8 Å². The maximum absolute atomic E-state index is 12.3. The van der Waals surface area contributed by atoms with Gasteiger partial charge in [-0.15, -0.1) is 0 Å². The molecule has 0 aliphatic heterocycles. The van der Waals surface area contributed by atoms with Crippen LogP contribution in [0.5, 0.6) is 0 Å². The number of hydrogen-bond donors (Lipinski definition) is 2. The van der Waals surface area contributed by atoms with Gasteiger partial charge in [-0.3, -0.25) is 0 Å². The summed E-state index contributed by atoms with van der Waals surface area (Å²) in [6, 6.07) is 17.8. The highest BCUT2D eigenvalue weighted by atomic mass is 35.5. The second-order valence-electron chi connectivity index (χ2n) is 11.7. The lowest BCUT2D eigenvalue weighted by Crippen LogP contribution is -2.38. The van der Waals surface area contributed by atoms with E-state index in [1.807, 2.05) is 31.3 Å². The third-order valence-corrected chi connectivity index (χ3v) is 8.79. The third kappa shape index (κ3) is 6.07. The third-order valence-electron chi connectivity index (χ3n) is 8.49. The van der Waals surface area contributed by atoms with Crippen molar-refractivity contribution >= 4 is 40.5 Å². The van der Waals surface area contributed by atoms with Crippen molar-refractivity contribution in [3.8, 4) is 0 Å². The number of aliphatic hydroxyl groups excluding tert-OH is 1. The van der Waals surface area contributed by atoms with Crippen LogP contribution in [0.4, 0.5) is 22.9 Å². The van der Waals surface area contributed by atoms with E-state index in [4.69, 9.17) is 21.4 Å². The second kappa shape index (κ2) is 11.6. The Morgan fingerprint density at radius 1 is 1.13 bits per heavy atom. The highest BCUT2D eigenvalue weighted by Gasteiger charge is 2.42. The van der Waals surface area contributed by atoms with Gasteiger partial charge < -0.3 is 20.1 Å². The minimum Gasteiger partial charge on any atom is -0.460 e. The molecule has 2 unspecified atom stereocenters. The number of carbonyl (C=O) groups excluding carboxylic acids is 1. The molecule has 6 nitrogen and oxygen atoms in total. The van der Waals surface area contributed by atoms with Gasteiger partial charge in [0.1, 0.15) is 18.0 Å². The summed E-state index contributed by atoms with van der Waals surface area (Å²) in [7, 11) is 2.02. The number of aromatic nitrogens is 1. The molecule has 2 atom stereocenters. The molecule has 2 N–H and O–H groups in total. The molecular weight excluding hydrogens is 510 g/mol. The monoisotopic (exact) mass is 547 g/mol. The van der Waals surface area contributed by atoms with Crippen molar-refractivity contribution in [2.75, 3.05) is 30.5 Å². The molecule has 2 bridgehead atoms. The smallest absolute Gasteiger partial charge is 0.341 e. The lowest BCUT2D eigenvalue weighted by atomic mass is 9.57. The summed E-state index contributed by atoms with van der Waals surface area (Å²) in [5.74, 6) is 2.39. The quantitative estimate of drug-likeness (QED) is 0.284. The highest BCUT2D eigenvalue weighted by Crippen LogP contribution is 2.52. The summed E-state index contributed by atoms with van der Waals surface area (Å²) in [5, 5.41) is 12.9. The molecule has 2 aliphatic carbocycles. The zero-order chi connectivity index (χ0) is 27.6. The fourth-order valence-corrected chi connectivity index (χ4v) is 7.22. The molecule has 3 aromatic rings. The Kier molecular flexibility index (Phi) is 8.15. The number of halogens is 1. The van der Waals surface area contributed by atoms with Crippen molar-refractivity contribution in [1.29, 1.82) is 0 Å². The van der Waals surface area contributed by atoms with E-state index < -0.39 is 5.97 Å². The van der Waals surface area contributed by atoms with E-state index in [9.17, 15) is 4.79 Å². The van der Waals surface area contributed by atoms with Gasteiger partial charge in [0.2, 0.25) is 0 Å². The Bertz CT molecular complexity index is 1290. The summed E-state index contributed by atoms with van der Waals surface area (Å²) >= 11 is 6.90. The summed E-state index contributed by atoms with van der Waals surface area (Å²) in [4.78, 5) is 18.7. The van der Waals surface area contributed by atoms with Gasteiger partial charge in [0.05, 0.1) is 17.3 Å². The number of rotatable bonds is 8. The Morgan fingerprint density at radius 2 is 1.85 bits per heavy atom. The van der Waals surface area contributed by atoms with Crippen LogP contribution in [-0.4, -0.2) is 36.3 Å². The maximum Gasteiger partial charge on any atom is 0.341 e. The van der Waals surface area contributed by atoms with Crippen LogP contribution in [0, 0.1) is 17.8 Å². The van der Waals surface area contributed by atoms with Gasteiger partial charge in [-0.05, 0) is 109 Å². The SMILES string of the molecule is CC1CC2CC(C1)CC(C)(c1ccc(N(C)c3ccc(Nc4ncccc4C(=O)OCCO)cc3)c(Cl)c1)C2. The van der Waals surface area contributed by atoms with Crippen molar-refractivity contribution in [3.63, 3.8) is 0 Å². The number of esters is 1. The second-order valence-corrected chi connectivity index (χ2v) is 12.1. The molecule has 1 aromatic heterocycles. The summed E-state index contributed by atoms with van der Waals surface area (Å²) < 4.78 is 5.05. The van der Waals surface area contributed by atoms with Crippen molar-refractivity contribution in [2.45, 2.75) is 51.4 Å². The van der Waals surface area contributed by atoms with E-state index in [1.165, 1.54) is 37.7 Å². The summed E-state index contributed by atoms with van der Waals surface area (Å²) in [6.45, 7) is 4.56. The number of aliphatic hydroxyl groups is 1. The predicted octanol–water partition coefficient (Wildman–Crippen LogP) is 7.50. The Labute approximate surface area is 236 Å². The highest BCUT2D eigenvalue weighted by molar-refractivity contribution is 6.33. The van der Waals surface area contributed by atoms with Crippen LogP contribution in [-0.2, 0) is 10.2 Å². The molecule has 2 saturated carbocycles. The number of benzene rings is 2. The van der Waals surface area contributed by atoms with Crippen molar-refractivity contribution in [2.24, 2.45) is 17.8 Å². The molecule has 2 fully saturated rings. The largest absolute Gasteiger partial charge is 0.460 e. The average molecular weight is 548 g/mol. The van der Waals surface area contributed by atoms with Crippen LogP contribution in [0.25, 0.3) is 0 Å².